The number of hydrogen-bond acceptors (Lipinski definition) is 3. The van der Waals surface area contributed by atoms with Gasteiger partial charge in [0.25, 0.3) is 0 Å². The van der Waals surface area contributed by atoms with Crippen molar-refractivity contribution >= 4 is 29.1 Å². The molecule has 0 aromatic heterocycles. The third-order valence-electron chi connectivity index (χ3n) is 3.28. The van der Waals surface area contributed by atoms with Crippen molar-refractivity contribution in [1.82, 2.24) is 5.32 Å². The molecule has 0 aliphatic carbocycles. The van der Waals surface area contributed by atoms with Crippen LogP contribution in [-0.4, -0.2) is 12.5 Å². The van der Waals surface area contributed by atoms with Gasteiger partial charge in [-0.2, -0.15) is 5.26 Å². The van der Waals surface area contributed by atoms with Gasteiger partial charge in [-0.3, -0.25) is 4.79 Å². The number of amides is 1. The number of ether oxygens (including phenoxy) is 1. The van der Waals surface area contributed by atoms with Crippen molar-refractivity contribution in [2.45, 2.75) is 19.4 Å². The molecule has 0 spiro atoms. The monoisotopic (exact) mass is 362 g/mol. The number of halogens is 2. The first-order valence-corrected chi connectivity index (χ1v) is 8.13. The van der Waals surface area contributed by atoms with Gasteiger partial charge in [-0.15, -0.1) is 0 Å². The van der Waals surface area contributed by atoms with E-state index < -0.39 is 0 Å². The lowest BCUT2D eigenvalue weighted by atomic mass is 10.1. The Morgan fingerprint density at radius 2 is 2.04 bits per heavy atom. The SMILES string of the molecule is N#CCC(=O)NCCc1cccc(OCc2ccc(Cl)cc2Cl)c1. The molecule has 0 saturated carbocycles. The molecule has 0 heterocycles. The van der Waals surface area contributed by atoms with E-state index >= 15 is 0 Å². The predicted octanol–water partition coefficient (Wildman–Crippen LogP) is 4.14. The molecule has 124 valence electrons. The molecule has 2 rings (SSSR count). The molecule has 0 aliphatic heterocycles. The lowest BCUT2D eigenvalue weighted by Gasteiger charge is -2.10. The van der Waals surface area contributed by atoms with Gasteiger partial charge in [0.2, 0.25) is 5.91 Å². The van der Waals surface area contributed by atoms with Crippen molar-refractivity contribution in [3.63, 3.8) is 0 Å². The number of carbonyl (C=O) groups is 1. The van der Waals surface area contributed by atoms with Crippen molar-refractivity contribution in [1.29, 1.82) is 5.26 Å². The number of nitrogens with one attached hydrogen (secondary N) is 1. The number of carbonyl (C=O) groups excluding carboxylic acids is 1. The zero-order chi connectivity index (χ0) is 17.4. The number of rotatable bonds is 7. The molecule has 1 N–H and O–H groups in total. The minimum absolute atomic E-state index is 0.120. The van der Waals surface area contributed by atoms with E-state index in [9.17, 15) is 4.79 Å². The average molecular weight is 363 g/mol. The van der Waals surface area contributed by atoms with Gasteiger partial charge in [-0.1, -0.05) is 41.4 Å². The minimum Gasteiger partial charge on any atom is -0.489 e. The lowest BCUT2D eigenvalue weighted by molar-refractivity contribution is -0.120. The summed E-state index contributed by atoms with van der Waals surface area (Å²) in [5, 5.41) is 12.3. The fraction of sp³-hybridized carbons (Fsp3) is 0.222. The summed E-state index contributed by atoms with van der Waals surface area (Å²) in [4.78, 5) is 11.2. The topological polar surface area (TPSA) is 62.1 Å². The second-order valence-electron chi connectivity index (χ2n) is 5.11. The first-order valence-electron chi connectivity index (χ1n) is 7.38. The molecule has 6 heteroatoms. The largest absolute Gasteiger partial charge is 0.489 e. The number of benzene rings is 2. The summed E-state index contributed by atoms with van der Waals surface area (Å²) in [5.41, 5.74) is 1.89. The van der Waals surface area contributed by atoms with Crippen LogP contribution in [0.25, 0.3) is 0 Å². The Kier molecular flexibility index (Phi) is 6.92. The first kappa shape index (κ1) is 18.1. The Bertz CT molecular complexity index is 757. The van der Waals surface area contributed by atoms with Gasteiger partial charge in [0.05, 0.1) is 6.07 Å². The molecular weight excluding hydrogens is 347 g/mol. The highest BCUT2D eigenvalue weighted by molar-refractivity contribution is 6.35. The van der Waals surface area contributed by atoms with Crippen molar-refractivity contribution < 1.29 is 9.53 Å². The van der Waals surface area contributed by atoms with Gasteiger partial charge in [0.1, 0.15) is 18.8 Å². The van der Waals surface area contributed by atoms with Gasteiger partial charge in [-0.25, -0.2) is 0 Å². The molecule has 4 nitrogen and oxygen atoms in total. The molecule has 24 heavy (non-hydrogen) atoms. The fourth-order valence-corrected chi connectivity index (χ4v) is 2.53. The molecule has 2 aromatic carbocycles. The Balaban J connectivity index is 1.88. The predicted molar refractivity (Wildman–Crippen MR) is 94.2 cm³/mol. The van der Waals surface area contributed by atoms with Crippen LogP contribution >= 0.6 is 23.2 Å². The van der Waals surface area contributed by atoms with E-state index in [1.54, 1.807) is 12.1 Å². The summed E-state index contributed by atoms with van der Waals surface area (Å²) < 4.78 is 5.76. The van der Waals surface area contributed by atoms with Crippen molar-refractivity contribution in [3.8, 4) is 11.8 Å². The standard InChI is InChI=1S/C18H16Cl2N2O2/c19-15-5-4-14(17(20)11-15)12-24-16-3-1-2-13(10-16)7-9-22-18(23)6-8-21/h1-5,10-11H,6-7,9,12H2,(H,22,23). The van der Waals surface area contributed by atoms with E-state index in [4.69, 9.17) is 33.2 Å². The van der Waals surface area contributed by atoms with Crippen LogP contribution in [0.15, 0.2) is 42.5 Å². The van der Waals surface area contributed by atoms with Crippen LogP contribution < -0.4 is 10.1 Å². The van der Waals surface area contributed by atoms with E-state index in [0.717, 1.165) is 16.9 Å². The van der Waals surface area contributed by atoms with Gasteiger partial charge < -0.3 is 10.1 Å². The molecule has 0 atom stereocenters. The fourth-order valence-electron chi connectivity index (χ4n) is 2.07. The van der Waals surface area contributed by atoms with Gasteiger partial charge >= 0.3 is 0 Å². The third kappa shape index (κ3) is 5.77. The van der Waals surface area contributed by atoms with E-state index in [-0.39, 0.29) is 12.3 Å². The van der Waals surface area contributed by atoms with Crippen LogP contribution in [0.3, 0.4) is 0 Å². The average Bonchev–Trinajstić information content (AvgIpc) is 2.55. The quantitative estimate of drug-likeness (QED) is 0.804. The molecular formula is C18H16Cl2N2O2. The maximum absolute atomic E-state index is 11.2. The smallest absolute Gasteiger partial charge is 0.234 e. The second-order valence-corrected chi connectivity index (χ2v) is 5.95. The van der Waals surface area contributed by atoms with Crippen LogP contribution in [0.1, 0.15) is 17.5 Å². The minimum atomic E-state index is -0.262. The number of nitriles is 1. The molecule has 1 amide bonds. The van der Waals surface area contributed by atoms with Crippen LogP contribution in [0, 0.1) is 11.3 Å². The number of hydrogen-bond donors (Lipinski definition) is 1. The van der Waals surface area contributed by atoms with Gasteiger partial charge in [0.15, 0.2) is 0 Å². The highest BCUT2D eigenvalue weighted by Gasteiger charge is 2.04. The second kappa shape index (κ2) is 9.17. The van der Waals surface area contributed by atoms with Crippen molar-refractivity contribution in [2.24, 2.45) is 0 Å². The third-order valence-corrected chi connectivity index (χ3v) is 3.87. The highest BCUT2D eigenvalue weighted by atomic mass is 35.5. The summed E-state index contributed by atoms with van der Waals surface area (Å²) in [7, 11) is 0. The Morgan fingerprint density at radius 1 is 1.21 bits per heavy atom. The van der Waals surface area contributed by atoms with Crippen LogP contribution in [-0.2, 0) is 17.8 Å². The van der Waals surface area contributed by atoms with Crippen LogP contribution in [0.4, 0.5) is 0 Å². The molecule has 2 aromatic rings. The van der Waals surface area contributed by atoms with Crippen LogP contribution in [0.2, 0.25) is 10.0 Å². The Hall–Kier alpha value is -2.22. The Labute approximate surface area is 151 Å². The first-order chi connectivity index (χ1) is 11.6. The molecule has 0 bridgehead atoms. The molecule has 0 radical (unpaired) electrons. The van der Waals surface area contributed by atoms with Crippen molar-refractivity contribution in [2.75, 3.05) is 6.54 Å². The highest BCUT2D eigenvalue weighted by Crippen LogP contribution is 2.23. The van der Waals surface area contributed by atoms with Gasteiger partial charge in [-0.05, 0) is 36.2 Å². The summed E-state index contributed by atoms with van der Waals surface area (Å²) >= 11 is 12.0. The Morgan fingerprint density at radius 3 is 2.79 bits per heavy atom. The van der Waals surface area contributed by atoms with Gasteiger partial charge in [0, 0.05) is 22.2 Å². The molecule has 0 aliphatic rings. The number of nitrogens with zero attached hydrogens (tertiary/aromatic N) is 1. The summed E-state index contributed by atoms with van der Waals surface area (Å²) in [6.45, 7) is 0.825. The van der Waals surface area contributed by atoms with Crippen molar-refractivity contribution in [3.05, 3.63) is 63.6 Å². The molecule has 0 fully saturated rings. The van der Waals surface area contributed by atoms with E-state index in [0.29, 0.717) is 29.6 Å². The van der Waals surface area contributed by atoms with E-state index in [1.807, 2.05) is 36.4 Å². The lowest BCUT2D eigenvalue weighted by Crippen LogP contribution is -2.24. The normalized spacial score (nSPS) is 10.0. The summed E-state index contributed by atoms with van der Waals surface area (Å²) in [5.74, 6) is 0.462. The summed E-state index contributed by atoms with van der Waals surface area (Å²) in [6, 6.07) is 14.7. The maximum Gasteiger partial charge on any atom is 0.234 e. The van der Waals surface area contributed by atoms with E-state index in [2.05, 4.69) is 5.32 Å². The van der Waals surface area contributed by atoms with E-state index in [1.165, 1.54) is 0 Å². The zero-order valence-corrected chi connectivity index (χ0v) is 14.4. The zero-order valence-electron chi connectivity index (χ0n) is 12.9. The summed E-state index contributed by atoms with van der Waals surface area (Å²) in [6.07, 6.45) is 0.543. The molecule has 0 unspecified atom stereocenters. The maximum atomic E-state index is 11.2. The van der Waals surface area contributed by atoms with Crippen LogP contribution in [0.5, 0.6) is 5.75 Å². The molecule has 0 saturated heterocycles.